The zero-order valence-electron chi connectivity index (χ0n) is 22.1. The highest BCUT2D eigenvalue weighted by Gasteiger charge is 2.54. The number of hydrogen-bond acceptors (Lipinski definition) is 4. The fourth-order valence-corrected chi connectivity index (χ4v) is 7.13. The molecule has 2 aliphatic heterocycles. The Bertz CT molecular complexity index is 572. The molecule has 0 aliphatic carbocycles. The van der Waals surface area contributed by atoms with Gasteiger partial charge in [0.2, 0.25) is 6.41 Å². The second-order valence-electron chi connectivity index (χ2n) is 13.2. The Kier molecular flexibility index (Phi) is 8.61. The summed E-state index contributed by atoms with van der Waals surface area (Å²) in [6.07, 6.45) is 10.4. The van der Waals surface area contributed by atoms with E-state index in [1.807, 2.05) is 0 Å². The maximum Gasteiger partial charge on any atom is 0.301 e. The first kappa shape index (κ1) is 27.3. The number of carbonyl (C=O) groups excluding carboxylic acids is 2. The number of nitrogens with zero attached hydrogens (tertiary/aromatic N) is 1. The third-order valence-corrected chi connectivity index (χ3v) is 7.59. The average Bonchev–Trinajstić information content (AvgIpc) is 2.59. The van der Waals surface area contributed by atoms with Gasteiger partial charge < -0.3 is 16.0 Å². The summed E-state index contributed by atoms with van der Waals surface area (Å²) in [6, 6.07) is 0.648. The Balaban J connectivity index is 2.30. The maximum atomic E-state index is 13.2. The minimum atomic E-state index is 0.0113. The van der Waals surface area contributed by atoms with Crippen molar-refractivity contribution in [3.05, 3.63) is 0 Å². The molecular formula is C26H51N4O2+. The molecule has 2 heterocycles. The van der Waals surface area contributed by atoms with Crippen LogP contribution in [0.2, 0.25) is 0 Å². The Hall–Kier alpha value is -0.980. The van der Waals surface area contributed by atoms with Crippen molar-refractivity contribution in [2.24, 2.45) is 0 Å². The Morgan fingerprint density at radius 3 is 1.50 bits per heavy atom. The zero-order chi connectivity index (χ0) is 24.3. The summed E-state index contributed by atoms with van der Waals surface area (Å²) in [4.78, 5) is 23.6. The number of rotatable bonds is 11. The van der Waals surface area contributed by atoms with Crippen molar-refractivity contribution in [3.63, 3.8) is 0 Å². The zero-order valence-corrected chi connectivity index (χ0v) is 22.1. The Labute approximate surface area is 197 Å². The first-order valence-electron chi connectivity index (χ1n) is 12.8. The summed E-state index contributed by atoms with van der Waals surface area (Å²) in [7, 11) is 0. The van der Waals surface area contributed by atoms with E-state index in [1.165, 1.54) is 6.41 Å². The standard InChI is InChI=1S/C26H50N4O2/c1-23(2)15-21(16-24(3,4)28-23)30(20-32,14-12-10-9-11-13-27-19-31)22-17-25(5,6)29-26(7,8)18-22/h19-22,28-29H,9-18H2,1-8H3/p+1. The molecule has 2 saturated heterocycles. The maximum absolute atomic E-state index is 13.2. The molecule has 2 aliphatic rings. The van der Waals surface area contributed by atoms with Crippen LogP contribution in [0.1, 0.15) is 107 Å². The molecular weight excluding hydrogens is 400 g/mol. The molecule has 6 heteroatoms. The van der Waals surface area contributed by atoms with Crippen LogP contribution in [-0.2, 0) is 9.59 Å². The highest BCUT2D eigenvalue weighted by atomic mass is 16.1. The molecule has 2 rings (SSSR count). The molecule has 0 unspecified atom stereocenters. The van der Waals surface area contributed by atoms with E-state index in [0.717, 1.165) is 70.9 Å². The van der Waals surface area contributed by atoms with Crippen molar-refractivity contribution in [3.8, 4) is 0 Å². The number of hydrogen-bond donors (Lipinski definition) is 3. The van der Waals surface area contributed by atoms with E-state index in [2.05, 4.69) is 71.3 Å². The van der Waals surface area contributed by atoms with Crippen molar-refractivity contribution in [2.45, 2.75) is 141 Å². The van der Waals surface area contributed by atoms with Crippen molar-refractivity contribution in [1.82, 2.24) is 16.0 Å². The van der Waals surface area contributed by atoms with Crippen LogP contribution >= 0.6 is 0 Å². The summed E-state index contributed by atoms with van der Waals surface area (Å²) in [5.41, 5.74) is 0.0452. The van der Waals surface area contributed by atoms with Crippen molar-refractivity contribution < 1.29 is 14.1 Å². The van der Waals surface area contributed by atoms with Gasteiger partial charge in [0.05, 0.1) is 18.6 Å². The summed E-state index contributed by atoms with van der Waals surface area (Å²) in [5.74, 6) is 0. The third-order valence-electron chi connectivity index (χ3n) is 7.59. The molecule has 0 radical (unpaired) electrons. The highest BCUT2D eigenvalue weighted by Crippen LogP contribution is 2.42. The van der Waals surface area contributed by atoms with E-state index in [4.69, 9.17) is 0 Å². The second kappa shape index (κ2) is 10.1. The number of quaternary nitrogens is 1. The van der Waals surface area contributed by atoms with Gasteiger partial charge >= 0.3 is 6.41 Å². The summed E-state index contributed by atoms with van der Waals surface area (Å²) < 4.78 is 0.593. The normalized spacial score (nSPS) is 25.2. The van der Waals surface area contributed by atoms with E-state index >= 15 is 0 Å². The lowest BCUT2D eigenvalue weighted by molar-refractivity contribution is -0.901. The quantitative estimate of drug-likeness (QED) is 0.253. The minimum Gasteiger partial charge on any atom is -0.359 e. The molecule has 0 bridgehead atoms. The van der Waals surface area contributed by atoms with Gasteiger partial charge in [0, 0.05) is 54.4 Å². The van der Waals surface area contributed by atoms with Gasteiger partial charge in [0.15, 0.2) is 0 Å². The molecule has 2 amide bonds. The van der Waals surface area contributed by atoms with Crippen molar-refractivity contribution >= 4 is 12.8 Å². The predicted molar refractivity (Wildman–Crippen MR) is 132 cm³/mol. The van der Waals surface area contributed by atoms with Gasteiger partial charge in [-0.25, -0.2) is 4.79 Å². The van der Waals surface area contributed by atoms with Gasteiger partial charge in [-0.1, -0.05) is 6.42 Å². The van der Waals surface area contributed by atoms with Crippen LogP contribution in [-0.4, -0.2) is 64.6 Å². The van der Waals surface area contributed by atoms with Gasteiger partial charge in [-0.3, -0.25) is 9.28 Å². The largest absolute Gasteiger partial charge is 0.359 e. The molecule has 0 aromatic carbocycles. The molecule has 3 N–H and O–H groups in total. The average molecular weight is 452 g/mol. The van der Waals surface area contributed by atoms with Crippen LogP contribution in [0.4, 0.5) is 0 Å². The number of unbranched alkanes of at least 4 members (excludes halogenated alkanes) is 3. The second-order valence-corrected chi connectivity index (χ2v) is 13.2. The molecule has 0 saturated carbocycles. The molecule has 32 heavy (non-hydrogen) atoms. The molecule has 0 atom stereocenters. The minimum absolute atomic E-state index is 0.0113. The van der Waals surface area contributed by atoms with Gasteiger partial charge in [-0.15, -0.1) is 0 Å². The number of amides is 2. The molecule has 0 aromatic rings. The van der Waals surface area contributed by atoms with E-state index in [0.29, 0.717) is 16.6 Å². The molecule has 2 fully saturated rings. The van der Waals surface area contributed by atoms with Gasteiger partial charge in [-0.05, 0) is 74.7 Å². The Morgan fingerprint density at radius 1 is 0.719 bits per heavy atom. The Morgan fingerprint density at radius 2 is 1.12 bits per heavy atom. The van der Waals surface area contributed by atoms with Gasteiger partial charge in [0.1, 0.15) is 0 Å². The van der Waals surface area contributed by atoms with E-state index in [-0.39, 0.29) is 22.2 Å². The molecule has 186 valence electrons. The van der Waals surface area contributed by atoms with Crippen LogP contribution in [0.5, 0.6) is 0 Å². The number of piperidine rings is 2. The van der Waals surface area contributed by atoms with Crippen LogP contribution in [0, 0.1) is 0 Å². The highest BCUT2D eigenvalue weighted by molar-refractivity contribution is 5.45. The number of nitrogens with one attached hydrogen (secondary N) is 3. The summed E-state index contributed by atoms with van der Waals surface area (Å²) >= 11 is 0. The van der Waals surface area contributed by atoms with E-state index in [9.17, 15) is 9.59 Å². The topological polar surface area (TPSA) is 70.2 Å². The molecule has 0 spiro atoms. The smallest absolute Gasteiger partial charge is 0.301 e. The van der Waals surface area contributed by atoms with Crippen molar-refractivity contribution in [2.75, 3.05) is 13.1 Å². The fourth-order valence-electron chi connectivity index (χ4n) is 7.13. The van der Waals surface area contributed by atoms with Crippen LogP contribution < -0.4 is 16.0 Å². The van der Waals surface area contributed by atoms with Crippen molar-refractivity contribution in [1.29, 1.82) is 0 Å². The lowest BCUT2D eigenvalue weighted by Gasteiger charge is -2.57. The fraction of sp³-hybridized carbons (Fsp3) is 0.923. The number of carbonyl (C=O) groups is 2. The first-order chi connectivity index (χ1) is 14.7. The van der Waals surface area contributed by atoms with E-state index < -0.39 is 0 Å². The van der Waals surface area contributed by atoms with E-state index in [1.54, 1.807) is 0 Å². The van der Waals surface area contributed by atoms with Crippen LogP contribution in [0.15, 0.2) is 0 Å². The van der Waals surface area contributed by atoms with Crippen LogP contribution in [0.3, 0.4) is 0 Å². The van der Waals surface area contributed by atoms with Gasteiger partial charge in [-0.2, -0.15) is 0 Å². The summed E-state index contributed by atoms with van der Waals surface area (Å²) in [6.45, 7) is 20.0. The molecule has 6 nitrogen and oxygen atoms in total. The van der Waals surface area contributed by atoms with Crippen LogP contribution in [0.25, 0.3) is 0 Å². The predicted octanol–water partition coefficient (Wildman–Crippen LogP) is 3.88. The lowest BCUT2D eigenvalue weighted by Crippen LogP contribution is -2.73. The third kappa shape index (κ3) is 7.26. The molecule has 0 aromatic heterocycles. The first-order valence-corrected chi connectivity index (χ1v) is 12.8. The lowest BCUT2D eigenvalue weighted by atomic mass is 9.73. The van der Waals surface area contributed by atoms with Gasteiger partial charge in [0.25, 0.3) is 0 Å². The SMILES string of the molecule is CC1(C)CC([N+](C=O)(CCCCCCNC=O)C2CC(C)(C)NC(C)(C)C2)CC(C)(C)N1. The monoisotopic (exact) mass is 451 g/mol. The summed E-state index contributed by atoms with van der Waals surface area (Å²) in [5, 5.41) is 10.4.